The smallest absolute Gasteiger partial charge is 0.475 e. The van der Waals surface area contributed by atoms with Crippen LogP contribution in [0, 0.1) is 0 Å². The Morgan fingerprint density at radius 2 is 1.57 bits per heavy atom. The fourth-order valence-electron chi connectivity index (χ4n) is 4.06. The van der Waals surface area contributed by atoms with E-state index in [9.17, 15) is 26.4 Å². The zero-order chi connectivity index (χ0) is 27.6. The van der Waals surface area contributed by atoms with E-state index in [1.165, 1.54) is 10.7 Å². The highest BCUT2D eigenvalue weighted by atomic mass is 32.2. The zero-order valence-corrected chi connectivity index (χ0v) is 22.2. The molecule has 2 heterocycles. The van der Waals surface area contributed by atoms with Crippen molar-refractivity contribution in [2.24, 2.45) is 0 Å². The number of sulfonamides is 1. The van der Waals surface area contributed by atoms with Crippen LogP contribution in [0.3, 0.4) is 0 Å². The van der Waals surface area contributed by atoms with Crippen molar-refractivity contribution in [3.8, 4) is 0 Å². The first kappa shape index (κ1) is 31.0. The van der Waals surface area contributed by atoms with Gasteiger partial charge in [0.25, 0.3) is 0 Å². The summed E-state index contributed by atoms with van der Waals surface area (Å²) < 4.78 is 60.0. The van der Waals surface area contributed by atoms with E-state index in [0.717, 1.165) is 44.6 Å². The summed E-state index contributed by atoms with van der Waals surface area (Å²) in [6, 6.07) is 7.10. The van der Waals surface area contributed by atoms with Gasteiger partial charge in [0.2, 0.25) is 15.9 Å². The summed E-state index contributed by atoms with van der Waals surface area (Å²) in [5, 5.41) is 10.4. The predicted octanol–water partition coefficient (Wildman–Crippen LogP) is 2.35. The summed E-state index contributed by atoms with van der Waals surface area (Å²) in [6.45, 7) is 9.84. The number of carbonyl (C=O) groups is 2. The predicted molar refractivity (Wildman–Crippen MR) is 133 cm³/mol. The first-order chi connectivity index (χ1) is 17.3. The number of hydrogen-bond donors (Lipinski definition) is 2. The maximum Gasteiger partial charge on any atom is 0.490 e. The number of piperidine rings is 1. The summed E-state index contributed by atoms with van der Waals surface area (Å²) in [7, 11) is -3.73. The molecule has 0 saturated carbocycles. The van der Waals surface area contributed by atoms with Gasteiger partial charge in [0, 0.05) is 39.3 Å². The second kappa shape index (κ2) is 14.1. The molecule has 210 valence electrons. The van der Waals surface area contributed by atoms with Crippen LogP contribution in [-0.2, 0) is 19.6 Å². The van der Waals surface area contributed by atoms with E-state index >= 15 is 0 Å². The molecule has 2 fully saturated rings. The molecule has 3 rings (SSSR count). The first-order valence-electron chi connectivity index (χ1n) is 12.4. The molecule has 0 bridgehead atoms. The number of benzene rings is 1. The normalized spacial score (nSPS) is 17.4. The molecule has 0 aromatic heterocycles. The van der Waals surface area contributed by atoms with Crippen LogP contribution in [0.1, 0.15) is 44.6 Å². The molecular weight excluding hydrogens is 513 g/mol. The van der Waals surface area contributed by atoms with Crippen molar-refractivity contribution in [2.75, 3.05) is 58.9 Å². The van der Waals surface area contributed by atoms with Gasteiger partial charge in [-0.2, -0.15) is 17.5 Å². The average molecular weight is 551 g/mol. The van der Waals surface area contributed by atoms with Crippen molar-refractivity contribution in [1.29, 1.82) is 0 Å². The van der Waals surface area contributed by atoms with E-state index in [1.807, 2.05) is 12.1 Å². The molecule has 1 aromatic carbocycles. The van der Waals surface area contributed by atoms with E-state index in [2.05, 4.69) is 24.1 Å². The molecule has 37 heavy (non-hydrogen) atoms. The van der Waals surface area contributed by atoms with Crippen LogP contribution in [0.5, 0.6) is 0 Å². The minimum absolute atomic E-state index is 0.0951. The minimum atomic E-state index is -5.08. The van der Waals surface area contributed by atoms with Crippen molar-refractivity contribution < 1.29 is 36.3 Å². The molecule has 2 saturated heterocycles. The van der Waals surface area contributed by atoms with Crippen LogP contribution in [0.2, 0.25) is 0 Å². The van der Waals surface area contributed by atoms with Crippen LogP contribution in [-0.4, -0.2) is 105 Å². The van der Waals surface area contributed by atoms with Gasteiger partial charge < -0.3 is 20.2 Å². The number of nitrogens with zero attached hydrogens (tertiary/aromatic N) is 3. The van der Waals surface area contributed by atoms with Crippen molar-refractivity contribution >= 4 is 21.9 Å². The molecule has 0 unspecified atom stereocenters. The van der Waals surface area contributed by atoms with Crippen LogP contribution in [0.4, 0.5) is 13.2 Å². The third-order valence-corrected chi connectivity index (χ3v) is 8.18. The zero-order valence-electron chi connectivity index (χ0n) is 21.3. The molecule has 1 aromatic rings. The summed E-state index contributed by atoms with van der Waals surface area (Å²) in [6.07, 6.45) is -1.53. The van der Waals surface area contributed by atoms with Gasteiger partial charge in [-0.25, -0.2) is 13.2 Å². The third-order valence-electron chi connectivity index (χ3n) is 6.32. The van der Waals surface area contributed by atoms with Gasteiger partial charge in [0.1, 0.15) is 0 Å². The average Bonchev–Trinajstić information content (AvgIpc) is 2.87. The molecule has 0 radical (unpaired) electrons. The van der Waals surface area contributed by atoms with E-state index in [1.54, 1.807) is 17.0 Å². The molecule has 9 nitrogen and oxygen atoms in total. The number of likely N-dealkylation sites (tertiary alicyclic amines) is 1. The van der Waals surface area contributed by atoms with Crippen LogP contribution >= 0.6 is 0 Å². The highest BCUT2D eigenvalue weighted by molar-refractivity contribution is 7.89. The van der Waals surface area contributed by atoms with Gasteiger partial charge in [-0.3, -0.25) is 4.79 Å². The number of rotatable bonds is 8. The Bertz CT molecular complexity index is 975. The van der Waals surface area contributed by atoms with Gasteiger partial charge in [-0.15, -0.1) is 0 Å². The molecular formula is C24H37F3N4O5S. The monoisotopic (exact) mass is 550 g/mol. The lowest BCUT2D eigenvalue weighted by Crippen LogP contribution is -2.51. The summed E-state index contributed by atoms with van der Waals surface area (Å²) in [5.74, 6) is -2.53. The number of carbonyl (C=O) groups excluding carboxylic acids is 1. The topological polar surface area (TPSA) is 110 Å². The van der Waals surface area contributed by atoms with Gasteiger partial charge in [0.15, 0.2) is 0 Å². The van der Waals surface area contributed by atoms with Crippen molar-refractivity contribution in [1.82, 2.24) is 19.4 Å². The molecule has 0 atom stereocenters. The van der Waals surface area contributed by atoms with Gasteiger partial charge in [0.05, 0.1) is 11.4 Å². The molecule has 13 heteroatoms. The van der Waals surface area contributed by atoms with Crippen LogP contribution < -0.4 is 5.32 Å². The van der Waals surface area contributed by atoms with E-state index in [0.29, 0.717) is 32.1 Å². The highest BCUT2D eigenvalue weighted by Crippen LogP contribution is 2.21. The molecule has 2 aliphatic rings. The standard InChI is InChI=1S/C22H36N4O3S.C2HF3O2/c1-19(2)20-6-8-21(9-7-20)30(28,29)26(17-16-24-12-4-3-5-13-24)18-22(27)25-14-10-23-11-15-25;3-2(4,5)1(6)7/h6-9,19,23H,3-5,10-18H2,1-2H3;(H,6,7). The number of aliphatic carboxylic acids is 1. The Morgan fingerprint density at radius 1 is 1.03 bits per heavy atom. The van der Waals surface area contributed by atoms with Crippen molar-refractivity contribution in [3.63, 3.8) is 0 Å². The van der Waals surface area contributed by atoms with Gasteiger partial charge in [-0.1, -0.05) is 32.4 Å². The fourth-order valence-corrected chi connectivity index (χ4v) is 5.44. The third kappa shape index (κ3) is 9.87. The minimum Gasteiger partial charge on any atom is -0.475 e. The number of piperazine rings is 1. The highest BCUT2D eigenvalue weighted by Gasteiger charge is 2.38. The van der Waals surface area contributed by atoms with Crippen molar-refractivity contribution in [2.45, 2.75) is 50.1 Å². The summed E-state index contributed by atoms with van der Waals surface area (Å²) in [4.78, 5) is 26.1. The van der Waals surface area contributed by atoms with Gasteiger partial charge >= 0.3 is 12.1 Å². The summed E-state index contributed by atoms with van der Waals surface area (Å²) in [5.41, 5.74) is 1.10. The lowest BCUT2D eigenvalue weighted by Gasteiger charge is -2.32. The molecule has 1 amide bonds. The van der Waals surface area contributed by atoms with Crippen molar-refractivity contribution in [3.05, 3.63) is 29.8 Å². The number of nitrogens with one attached hydrogen (secondary N) is 1. The molecule has 0 spiro atoms. The largest absolute Gasteiger partial charge is 0.490 e. The molecule has 2 N–H and O–H groups in total. The first-order valence-corrected chi connectivity index (χ1v) is 13.9. The second-order valence-electron chi connectivity index (χ2n) is 9.40. The number of carboxylic acid groups (broad SMARTS) is 1. The molecule has 2 aliphatic heterocycles. The lowest BCUT2D eigenvalue weighted by molar-refractivity contribution is -0.192. The fraction of sp³-hybridized carbons (Fsp3) is 0.667. The Balaban J connectivity index is 0.000000604. The molecule has 0 aliphatic carbocycles. The van der Waals surface area contributed by atoms with Crippen LogP contribution in [0.15, 0.2) is 29.2 Å². The number of carboxylic acids is 1. The van der Waals surface area contributed by atoms with E-state index in [4.69, 9.17) is 9.90 Å². The maximum absolute atomic E-state index is 13.4. The number of amides is 1. The Labute approximate surface area is 216 Å². The Morgan fingerprint density at radius 3 is 2.05 bits per heavy atom. The van der Waals surface area contributed by atoms with Crippen LogP contribution in [0.25, 0.3) is 0 Å². The Hall–Kier alpha value is -2.22. The number of halogens is 3. The SMILES string of the molecule is CC(C)c1ccc(S(=O)(=O)N(CCN2CCCCC2)CC(=O)N2CCNCC2)cc1.O=C(O)C(F)(F)F. The summed E-state index contributed by atoms with van der Waals surface area (Å²) >= 11 is 0. The van der Waals surface area contributed by atoms with Gasteiger partial charge in [-0.05, 0) is 49.5 Å². The number of alkyl halides is 3. The Kier molecular flexibility index (Phi) is 11.8. The second-order valence-corrected chi connectivity index (χ2v) is 11.3. The van der Waals surface area contributed by atoms with E-state index in [-0.39, 0.29) is 17.3 Å². The maximum atomic E-state index is 13.4. The number of hydrogen-bond acceptors (Lipinski definition) is 6. The lowest BCUT2D eigenvalue weighted by atomic mass is 10.0. The van der Waals surface area contributed by atoms with E-state index < -0.39 is 22.2 Å². The quantitative estimate of drug-likeness (QED) is 0.511.